The molecule has 2 aromatic heterocycles. The second-order valence-corrected chi connectivity index (χ2v) is 8.33. The van der Waals surface area contributed by atoms with E-state index in [1.807, 2.05) is 13.8 Å². The summed E-state index contributed by atoms with van der Waals surface area (Å²) in [5.41, 5.74) is -0.331. The summed E-state index contributed by atoms with van der Waals surface area (Å²) in [5, 5.41) is 2.37. The highest BCUT2D eigenvalue weighted by molar-refractivity contribution is 6.04. The first-order valence-electron chi connectivity index (χ1n) is 11.6. The highest BCUT2D eigenvalue weighted by Gasteiger charge is 2.34. The van der Waals surface area contributed by atoms with E-state index in [1.54, 1.807) is 10.6 Å². The summed E-state index contributed by atoms with van der Waals surface area (Å²) in [6.45, 7) is 3.99. The number of ether oxygens (including phenoxy) is 2. The number of carbonyl (C=O) groups excluding carboxylic acids is 2. The number of alkyl halides is 3. The minimum atomic E-state index is -4.72. The summed E-state index contributed by atoms with van der Waals surface area (Å²) in [7, 11) is 1.18. The van der Waals surface area contributed by atoms with Crippen LogP contribution in [0.1, 0.15) is 53.6 Å². The fraction of sp³-hybridized carbons (Fsp3) is 0.346. The standard InChI is InChI=1S/C26H27F4N3O4/c1-4-16(2)33-18(10-12-37-19-9-11-31-23(27)15-19)6-8-22(33)25(35)32-21-13-17(14-24(34)36-3)5-7-20(21)26(28,29)30/h5-9,11,13,15-16H,4,10,12,14H2,1-3H3,(H,32,35). The van der Waals surface area contributed by atoms with E-state index < -0.39 is 35.3 Å². The van der Waals surface area contributed by atoms with Crippen LogP contribution in [0.4, 0.5) is 23.2 Å². The van der Waals surface area contributed by atoms with Crippen molar-refractivity contribution >= 4 is 17.6 Å². The fourth-order valence-electron chi connectivity index (χ4n) is 3.81. The Morgan fingerprint density at radius 2 is 1.89 bits per heavy atom. The molecule has 1 atom stereocenters. The number of methoxy groups -OCH3 is 1. The molecular weight excluding hydrogens is 494 g/mol. The van der Waals surface area contributed by atoms with Crippen molar-refractivity contribution < 1.29 is 36.6 Å². The van der Waals surface area contributed by atoms with Crippen molar-refractivity contribution in [2.45, 2.75) is 45.3 Å². The number of carbonyl (C=O) groups is 2. The van der Waals surface area contributed by atoms with Gasteiger partial charge in [-0.3, -0.25) is 9.59 Å². The Balaban J connectivity index is 1.86. The lowest BCUT2D eigenvalue weighted by Crippen LogP contribution is -2.22. The summed E-state index contributed by atoms with van der Waals surface area (Å²) >= 11 is 0. The molecule has 2 heterocycles. The first kappa shape index (κ1) is 27.7. The SMILES string of the molecule is CCC(C)n1c(CCOc2ccnc(F)c2)ccc1C(=O)Nc1cc(CC(=O)OC)ccc1C(F)(F)F. The van der Waals surface area contributed by atoms with Crippen LogP contribution < -0.4 is 10.1 Å². The van der Waals surface area contributed by atoms with Gasteiger partial charge in [0.1, 0.15) is 11.4 Å². The smallest absolute Gasteiger partial charge is 0.418 e. The predicted octanol–water partition coefficient (Wildman–Crippen LogP) is 5.60. The largest absolute Gasteiger partial charge is 0.493 e. The normalized spacial score (nSPS) is 12.2. The van der Waals surface area contributed by atoms with E-state index in [4.69, 9.17) is 4.74 Å². The van der Waals surface area contributed by atoms with Crippen LogP contribution in [0.25, 0.3) is 0 Å². The van der Waals surface area contributed by atoms with Crippen molar-refractivity contribution in [2.75, 3.05) is 19.0 Å². The van der Waals surface area contributed by atoms with E-state index in [2.05, 4.69) is 15.0 Å². The fourth-order valence-corrected chi connectivity index (χ4v) is 3.81. The number of hydrogen-bond acceptors (Lipinski definition) is 5. The molecule has 0 bridgehead atoms. The molecule has 3 aromatic rings. The maximum Gasteiger partial charge on any atom is 0.418 e. The lowest BCUT2D eigenvalue weighted by atomic mass is 10.1. The molecule has 0 radical (unpaired) electrons. The van der Waals surface area contributed by atoms with Crippen molar-refractivity contribution in [1.29, 1.82) is 0 Å². The Kier molecular flexibility index (Phi) is 8.90. The number of esters is 1. The molecule has 0 spiro atoms. The molecule has 0 aliphatic carbocycles. The van der Waals surface area contributed by atoms with Crippen LogP contribution in [-0.4, -0.2) is 35.1 Å². The molecule has 1 amide bonds. The number of benzene rings is 1. The van der Waals surface area contributed by atoms with Gasteiger partial charge in [-0.2, -0.15) is 17.6 Å². The van der Waals surface area contributed by atoms with Gasteiger partial charge in [0.15, 0.2) is 0 Å². The van der Waals surface area contributed by atoms with Gasteiger partial charge in [0.25, 0.3) is 5.91 Å². The molecule has 1 N–H and O–H groups in total. The number of nitrogens with one attached hydrogen (secondary N) is 1. The molecule has 198 valence electrons. The summed E-state index contributed by atoms with van der Waals surface area (Å²) in [5.74, 6) is -1.72. The molecule has 0 saturated carbocycles. The van der Waals surface area contributed by atoms with Crippen molar-refractivity contribution in [3.8, 4) is 5.75 Å². The van der Waals surface area contributed by atoms with Gasteiger partial charge in [-0.1, -0.05) is 13.0 Å². The van der Waals surface area contributed by atoms with Crippen molar-refractivity contribution in [3.05, 3.63) is 77.1 Å². The maximum absolute atomic E-state index is 13.6. The van der Waals surface area contributed by atoms with Crippen LogP contribution in [0.3, 0.4) is 0 Å². The van der Waals surface area contributed by atoms with Gasteiger partial charge in [0, 0.05) is 30.4 Å². The molecular formula is C26H27F4N3O4. The lowest BCUT2D eigenvalue weighted by Gasteiger charge is -2.20. The second kappa shape index (κ2) is 11.9. The number of amides is 1. The van der Waals surface area contributed by atoms with Gasteiger partial charge in [-0.25, -0.2) is 4.98 Å². The maximum atomic E-state index is 13.6. The Morgan fingerprint density at radius 1 is 1.14 bits per heavy atom. The number of anilines is 1. The minimum Gasteiger partial charge on any atom is -0.493 e. The molecule has 37 heavy (non-hydrogen) atoms. The van der Waals surface area contributed by atoms with Gasteiger partial charge in [-0.05, 0) is 49.2 Å². The number of hydrogen-bond donors (Lipinski definition) is 1. The molecule has 1 unspecified atom stereocenters. The Bertz CT molecular complexity index is 1260. The average molecular weight is 522 g/mol. The Labute approximate surface area is 211 Å². The van der Waals surface area contributed by atoms with Gasteiger partial charge < -0.3 is 19.4 Å². The zero-order valence-corrected chi connectivity index (χ0v) is 20.6. The van der Waals surface area contributed by atoms with Gasteiger partial charge in [0.2, 0.25) is 5.95 Å². The van der Waals surface area contributed by atoms with Crippen molar-refractivity contribution in [2.24, 2.45) is 0 Å². The molecule has 1 aromatic carbocycles. The van der Waals surface area contributed by atoms with Gasteiger partial charge >= 0.3 is 12.1 Å². The topological polar surface area (TPSA) is 82.5 Å². The number of nitrogens with zero attached hydrogens (tertiary/aromatic N) is 2. The first-order valence-corrected chi connectivity index (χ1v) is 11.6. The zero-order chi connectivity index (χ0) is 27.2. The third-order valence-electron chi connectivity index (χ3n) is 5.81. The number of halogens is 4. The van der Waals surface area contributed by atoms with E-state index in [-0.39, 0.29) is 30.3 Å². The van der Waals surface area contributed by atoms with Gasteiger partial charge in [0.05, 0.1) is 31.4 Å². The van der Waals surface area contributed by atoms with E-state index >= 15 is 0 Å². The molecule has 0 saturated heterocycles. The monoisotopic (exact) mass is 521 g/mol. The first-order chi connectivity index (χ1) is 17.5. The highest BCUT2D eigenvalue weighted by Crippen LogP contribution is 2.36. The molecule has 0 fully saturated rings. The average Bonchev–Trinajstić information content (AvgIpc) is 3.27. The van der Waals surface area contributed by atoms with Crippen LogP contribution in [0.15, 0.2) is 48.7 Å². The van der Waals surface area contributed by atoms with E-state index in [0.29, 0.717) is 18.6 Å². The van der Waals surface area contributed by atoms with Gasteiger partial charge in [-0.15, -0.1) is 0 Å². The predicted molar refractivity (Wildman–Crippen MR) is 128 cm³/mol. The lowest BCUT2D eigenvalue weighted by molar-refractivity contribution is -0.139. The van der Waals surface area contributed by atoms with E-state index in [1.165, 1.54) is 31.5 Å². The molecule has 0 aliphatic heterocycles. The summed E-state index contributed by atoms with van der Waals surface area (Å²) in [6.07, 6.45) is -2.67. The summed E-state index contributed by atoms with van der Waals surface area (Å²) in [4.78, 5) is 28.3. The van der Waals surface area contributed by atoms with Crippen LogP contribution in [-0.2, 0) is 28.5 Å². The summed E-state index contributed by atoms with van der Waals surface area (Å²) < 4.78 is 66.1. The van der Waals surface area contributed by atoms with Crippen molar-refractivity contribution in [3.63, 3.8) is 0 Å². The highest BCUT2D eigenvalue weighted by atomic mass is 19.4. The third kappa shape index (κ3) is 7.08. The minimum absolute atomic E-state index is 0.142. The van der Waals surface area contributed by atoms with Crippen molar-refractivity contribution in [1.82, 2.24) is 9.55 Å². The van der Waals surface area contributed by atoms with E-state index in [9.17, 15) is 27.2 Å². The Morgan fingerprint density at radius 3 is 2.54 bits per heavy atom. The third-order valence-corrected chi connectivity index (χ3v) is 5.81. The molecule has 11 heteroatoms. The van der Waals surface area contributed by atoms with Crippen LogP contribution in [0.5, 0.6) is 5.75 Å². The number of pyridine rings is 1. The number of aromatic nitrogens is 2. The molecule has 3 rings (SSSR count). The quantitative estimate of drug-likeness (QED) is 0.213. The zero-order valence-electron chi connectivity index (χ0n) is 20.6. The molecule has 0 aliphatic rings. The summed E-state index contributed by atoms with van der Waals surface area (Å²) in [6, 6.07) is 8.88. The van der Waals surface area contributed by atoms with Crippen LogP contribution in [0, 0.1) is 5.95 Å². The van der Waals surface area contributed by atoms with E-state index in [0.717, 1.165) is 23.9 Å². The van der Waals surface area contributed by atoms with Crippen LogP contribution in [0.2, 0.25) is 0 Å². The number of rotatable bonds is 10. The molecule has 7 nitrogen and oxygen atoms in total. The van der Waals surface area contributed by atoms with Crippen LogP contribution >= 0.6 is 0 Å². The Hall–Kier alpha value is -3.89. The second-order valence-electron chi connectivity index (χ2n) is 8.33.